The van der Waals surface area contributed by atoms with Gasteiger partial charge in [-0.15, -0.1) is 0 Å². The third-order valence-electron chi connectivity index (χ3n) is 4.47. The van der Waals surface area contributed by atoms with Gasteiger partial charge in [0.1, 0.15) is 6.04 Å². The minimum atomic E-state index is -1.58. The number of aliphatic hydroxyl groups is 2. The molecule has 11 heteroatoms. The number of carboxylic acids is 1. The molecule has 0 radical (unpaired) electrons. The molecule has 0 fully saturated rings. The highest BCUT2D eigenvalue weighted by molar-refractivity contribution is 6.39. The molecular weight excluding hydrogens is 461 g/mol. The molecule has 2 aromatic carbocycles. The van der Waals surface area contributed by atoms with Crippen LogP contribution in [0.4, 0.5) is 11.4 Å². The lowest BCUT2D eigenvalue weighted by Crippen LogP contribution is -2.56. The van der Waals surface area contributed by atoms with E-state index in [0.29, 0.717) is 27.0 Å². The van der Waals surface area contributed by atoms with E-state index < -0.39 is 42.6 Å². The Kier molecular flexibility index (Phi) is 9.27. The van der Waals surface area contributed by atoms with Gasteiger partial charge in [-0.3, -0.25) is 9.59 Å². The van der Waals surface area contributed by atoms with Crippen molar-refractivity contribution in [1.82, 2.24) is 10.6 Å². The monoisotopic (exact) mass is 483 g/mol. The predicted octanol–water partition coefficient (Wildman–Crippen LogP) is 1.71. The van der Waals surface area contributed by atoms with Crippen LogP contribution in [-0.4, -0.2) is 57.9 Å². The molecule has 0 spiro atoms. The molecule has 172 valence electrons. The molecule has 1 unspecified atom stereocenters. The van der Waals surface area contributed by atoms with Gasteiger partial charge in [0.2, 0.25) is 11.8 Å². The fourth-order valence-electron chi connectivity index (χ4n) is 2.80. The molecule has 0 aromatic heterocycles. The molecule has 3 atom stereocenters. The lowest BCUT2D eigenvalue weighted by atomic mass is 10.1. The summed E-state index contributed by atoms with van der Waals surface area (Å²) in [5, 5.41) is 36.3. The van der Waals surface area contributed by atoms with Gasteiger partial charge in [-0.1, -0.05) is 47.5 Å². The molecule has 0 saturated heterocycles. The summed E-state index contributed by atoms with van der Waals surface area (Å²) in [4.78, 5) is 35.9. The Morgan fingerprint density at radius 2 is 1.62 bits per heavy atom. The molecule has 0 heterocycles. The Bertz CT molecular complexity index is 966. The van der Waals surface area contributed by atoms with Crippen molar-refractivity contribution in [2.45, 2.75) is 31.5 Å². The van der Waals surface area contributed by atoms with E-state index in [1.807, 2.05) is 0 Å². The molecule has 2 amide bonds. The second-order valence-corrected chi connectivity index (χ2v) is 7.74. The van der Waals surface area contributed by atoms with Crippen LogP contribution < -0.4 is 16.0 Å². The third-order valence-corrected chi connectivity index (χ3v) is 5.10. The number of rotatable bonds is 10. The molecule has 2 aromatic rings. The van der Waals surface area contributed by atoms with Crippen molar-refractivity contribution < 1.29 is 29.7 Å². The molecule has 0 aliphatic rings. The van der Waals surface area contributed by atoms with Crippen LogP contribution in [0.1, 0.15) is 12.5 Å². The van der Waals surface area contributed by atoms with E-state index in [1.54, 1.807) is 42.5 Å². The van der Waals surface area contributed by atoms with E-state index in [9.17, 15) is 24.6 Å². The molecule has 0 aliphatic heterocycles. The number of carbonyl (C=O) groups is 3. The van der Waals surface area contributed by atoms with Crippen molar-refractivity contribution in [3.63, 3.8) is 0 Å². The minimum Gasteiger partial charge on any atom is -0.480 e. The van der Waals surface area contributed by atoms with Crippen LogP contribution in [0.2, 0.25) is 10.0 Å². The molecule has 2 rings (SSSR count). The molecule has 6 N–H and O–H groups in total. The number of benzene rings is 2. The Hall–Kier alpha value is -2.85. The number of hydrogen-bond donors (Lipinski definition) is 6. The van der Waals surface area contributed by atoms with E-state index in [0.717, 1.165) is 0 Å². The van der Waals surface area contributed by atoms with Gasteiger partial charge in [-0.25, -0.2) is 4.79 Å². The first-order valence-corrected chi connectivity index (χ1v) is 10.3. The van der Waals surface area contributed by atoms with Crippen molar-refractivity contribution in [3.05, 3.63) is 58.1 Å². The number of halogens is 2. The highest BCUT2D eigenvalue weighted by Crippen LogP contribution is 2.33. The third kappa shape index (κ3) is 6.83. The van der Waals surface area contributed by atoms with Crippen LogP contribution >= 0.6 is 23.2 Å². The average Bonchev–Trinajstić information content (AvgIpc) is 2.73. The highest BCUT2D eigenvalue weighted by Gasteiger charge is 2.29. The molecule has 0 aliphatic carbocycles. The number of carboxylic acid groups (broad SMARTS) is 1. The molecule has 0 saturated carbocycles. The standard InChI is InChI=1S/C21H23Cl2N3O6/c1-11(28)18(21(31)32)26-20(30)16(10-27)24-17(29)9-12-5-2-3-8-15(12)25-19-13(22)6-4-7-14(19)23/h2-8,11,16,18,25,27-28H,9-10H2,1H3,(H,24,29)(H,26,30)(H,31,32)/t11?,16-,18-/m0/s1. The SMILES string of the molecule is CC(O)[C@H](NC(=O)[C@H](CO)NC(=O)Cc1ccccc1Nc1c(Cl)cccc1Cl)C(=O)O. The van der Waals surface area contributed by atoms with Crippen LogP contribution in [0, 0.1) is 0 Å². The van der Waals surface area contributed by atoms with Crippen LogP contribution in [0.25, 0.3) is 0 Å². The lowest BCUT2D eigenvalue weighted by Gasteiger charge is -2.21. The Morgan fingerprint density at radius 1 is 1.00 bits per heavy atom. The zero-order valence-corrected chi connectivity index (χ0v) is 18.5. The largest absolute Gasteiger partial charge is 0.480 e. The fraction of sp³-hybridized carbons (Fsp3) is 0.286. The highest BCUT2D eigenvalue weighted by atomic mass is 35.5. The van der Waals surface area contributed by atoms with Crippen molar-refractivity contribution >= 4 is 52.4 Å². The number of nitrogens with one attached hydrogen (secondary N) is 3. The number of hydrogen-bond acceptors (Lipinski definition) is 6. The average molecular weight is 484 g/mol. The summed E-state index contributed by atoms with van der Waals surface area (Å²) in [7, 11) is 0. The first-order chi connectivity index (χ1) is 15.1. The Balaban J connectivity index is 2.10. The number of carbonyl (C=O) groups excluding carboxylic acids is 2. The zero-order chi connectivity index (χ0) is 23.8. The van der Waals surface area contributed by atoms with Crippen molar-refractivity contribution in [2.24, 2.45) is 0 Å². The first-order valence-electron chi connectivity index (χ1n) is 9.54. The number of anilines is 2. The summed E-state index contributed by atoms with van der Waals surface area (Å²) in [5.41, 5.74) is 1.59. The van der Waals surface area contributed by atoms with Gasteiger partial charge >= 0.3 is 5.97 Å². The zero-order valence-electron chi connectivity index (χ0n) is 17.0. The van der Waals surface area contributed by atoms with Gasteiger partial charge in [0.05, 0.1) is 34.9 Å². The second kappa shape index (κ2) is 11.7. The summed E-state index contributed by atoms with van der Waals surface area (Å²) < 4.78 is 0. The summed E-state index contributed by atoms with van der Waals surface area (Å²) in [6, 6.07) is 8.91. The van der Waals surface area contributed by atoms with Gasteiger partial charge in [-0.05, 0) is 30.7 Å². The van der Waals surface area contributed by atoms with Crippen LogP contribution in [0.3, 0.4) is 0 Å². The van der Waals surface area contributed by atoms with Gasteiger partial charge in [0, 0.05) is 5.69 Å². The van der Waals surface area contributed by atoms with E-state index in [2.05, 4.69) is 16.0 Å². The number of amides is 2. The second-order valence-electron chi connectivity index (χ2n) is 6.92. The smallest absolute Gasteiger partial charge is 0.328 e. The molecule has 0 bridgehead atoms. The Morgan fingerprint density at radius 3 is 2.19 bits per heavy atom. The predicted molar refractivity (Wildman–Crippen MR) is 120 cm³/mol. The van der Waals surface area contributed by atoms with Gasteiger partial charge in [0.25, 0.3) is 0 Å². The van der Waals surface area contributed by atoms with E-state index in [1.165, 1.54) is 6.92 Å². The van der Waals surface area contributed by atoms with Crippen LogP contribution in [0.15, 0.2) is 42.5 Å². The first kappa shape index (κ1) is 25.4. The molecular formula is C21H23Cl2N3O6. The lowest BCUT2D eigenvalue weighted by molar-refractivity contribution is -0.145. The van der Waals surface area contributed by atoms with Crippen molar-refractivity contribution in [3.8, 4) is 0 Å². The maximum atomic E-state index is 12.5. The van der Waals surface area contributed by atoms with Crippen LogP contribution in [-0.2, 0) is 20.8 Å². The fourth-order valence-corrected chi connectivity index (χ4v) is 3.30. The maximum absolute atomic E-state index is 12.5. The quantitative estimate of drug-likeness (QED) is 0.301. The van der Waals surface area contributed by atoms with E-state index >= 15 is 0 Å². The summed E-state index contributed by atoms with van der Waals surface area (Å²) >= 11 is 12.4. The Labute approximate surface area is 194 Å². The van der Waals surface area contributed by atoms with Crippen LogP contribution in [0.5, 0.6) is 0 Å². The summed E-state index contributed by atoms with van der Waals surface area (Å²) in [6.45, 7) is 0.430. The summed E-state index contributed by atoms with van der Waals surface area (Å²) in [6.07, 6.45) is -1.53. The number of para-hydroxylation sites is 2. The van der Waals surface area contributed by atoms with E-state index in [-0.39, 0.29) is 6.42 Å². The molecule has 32 heavy (non-hydrogen) atoms. The number of aliphatic carboxylic acids is 1. The summed E-state index contributed by atoms with van der Waals surface area (Å²) in [5.74, 6) is -2.99. The molecule has 9 nitrogen and oxygen atoms in total. The maximum Gasteiger partial charge on any atom is 0.328 e. The van der Waals surface area contributed by atoms with Crippen molar-refractivity contribution in [2.75, 3.05) is 11.9 Å². The topological polar surface area (TPSA) is 148 Å². The van der Waals surface area contributed by atoms with Gasteiger partial charge < -0.3 is 31.3 Å². The van der Waals surface area contributed by atoms with Crippen molar-refractivity contribution in [1.29, 1.82) is 0 Å². The van der Waals surface area contributed by atoms with Gasteiger partial charge in [-0.2, -0.15) is 0 Å². The normalized spacial score (nSPS) is 13.5. The number of aliphatic hydroxyl groups excluding tert-OH is 2. The van der Waals surface area contributed by atoms with E-state index in [4.69, 9.17) is 28.3 Å². The minimum absolute atomic E-state index is 0.159. The van der Waals surface area contributed by atoms with Gasteiger partial charge in [0.15, 0.2) is 6.04 Å².